The molecule has 3 nitrogen and oxygen atoms in total. The van der Waals surface area contributed by atoms with Crippen molar-refractivity contribution in [3.63, 3.8) is 0 Å². The van der Waals surface area contributed by atoms with Crippen LogP contribution in [0.25, 0.3) is 0 Å². The summed E-state index contributed by atoms with van der Waals surface area (Å²) in [5, 5.41) is 3.86. The van der Waals surface area contributed by atoms with Crippen LogP contribution in [0.5, 0.6) is 0 Å². The lowest BCUT2D eigenvalue weighted by Gasteiger charge is -2.47. The average Bonchev–Trinajstić information content (AvgIpc) is 2.95. The molecule has 3 heteroatoms. The van der Waals surface area contributed by atoms with Gasteiger partial charge in [0.05, 0.1) is 0 Å². The van der Waals surface area contributed by atoms with Gasteiger partial charge in [0, 0.05) is 24.8 Å². The summed E-state index contributed by atoms with van der Waals surface area (Å²) in [7, 11) is 0. The molecule has 0 aromatic rings. The van der Waals surface area contributed by atoms with Crippen molar-refractivity contribution in [3.8, 4) is 0 Å². The number of nitrogens with one attached hydrogen (secondary N) is 1. The first-order valence-corrected chi connectivity index (χ1v) is 8.22. The molecule has 2 fully saturated rings. The van der Waals surface area contributed by atoms with Gasteiger partial charge in [-0.2, -0.15) is 0 Å². The zero-order valence-corrected chi connectivity index (χ0v) is 13.1. The van der Waals surface area contributed by atoms with Gasteiger partial charge < -0.3 is 10.1 Å². The van der Waals surface area contributed by atoms with Crippen LogP contribution in [0.15, 0.2) is 0 Å². The minimum Gasteiger partial charge on any atom is -0.381 e. The molecule has 0 bridgehead atoms. The summed E-state index contributed by atoms with van der Waals surface area (Å²) in [5.74, 6) is 0.774. The Kier molecular flexibility index (Phi) is 5.67. The summed E-state index contributed by atoms with van der Waals surface area (Å²) in [5.41, 5.74) is 0.272. The quantitative estimate of drug-likeness (QED) is 0.801. The predicted octanol–water partition coefficient (Wildman–Crippen LogP) is 2.66. The van der Waals surface area contributed by atoms with Crippen molar-refractivity contribution >= 4 is 0 Å². The van der Waals surface area contributed by atoms with Gasteiger partial charge in [0.1, 0.15) is 0 Å². The van der Waals surface area contributed by atoms with E-state index in [1.165, 1.54) is 45.2 Å². The van der Waals surface area contributed by atoms with Gasteiger partial charge in [-0.25, -0.2) is 0 Å². The summed E-state index contributed by atoms with van der Waals surface area (Å²) < 4.78 is 5.55. The predicted molar refractivity (Wildman–Crippen MR) is 80.5 cm³/mol. The molecular formula is C16H32N2O. The van der Waals surface area contributed by atoms with Crippen LogP contribution in [0.2, 0.25) is 0 Å². The van der Waals surface area contributed by atoms with Crippen LogP contribution in [0, 0.1) is 5.92 Å². The number of hydrogen-bond acceptors (Lipinski definition) is 3. The first-order chi connectivity index (χ1) is 9.16. The maximum Gasteiger partial charge on any atom is 0.0469 e. The van der Waals surface area contributed by atoms with E-state index in [1.54, 1.807) is 0 Å². The molecule has 0 saturated carbocycles. The third-order valence-corrected chi connectivity index (χ3v) is 5.03. The molecule has 0 radical (unpaired) electrons. The second-order valence-corrected chi connectivity index (χ2v) is 6.73. The van der Waals surface area contributed by atoms with Crippen LogP contribution < -0.4 is 5.32 Å². The fraction of sp³-hybridized carbons (Fsp3) is 1.00. The van der Waals surface area contributed by atoms with Gasteiger partial charge in [0.25, 0.3) is 0 Å². The number of likely N-dealkylation sites (tertiary alicyclic amines) is 1. The Morgan fingerprint density at radius 3 is 2.42 bits per heavy atom. The van der Waals surface area contributed by atoms with Gasteiger partial charge in [-0.1, -0.05) is 6.92 Å². The molecule has 19 heavy (non-hydrogen) atoms. The second-order valence-electron chi connectivity index (χ2n) is 6.73. The van der Waals surface area contributed by atoms with E-state index in [0.29, 0.717) is 6.04 Å². The molecule has 2 aliphatic rings. The SMILES string of the molecule is CCCNC(C1CCOCC1)C(C)(C)N1CCCC1. The van der Waals surface area contributed by atoms with Crippen LogP contribution in [0.1, 0.15) is 52.9 Å². The molecule has 112 valence electrons. The fourth-order valence-electron chi connectivity index (χ4n) is 3.83. The van der Waals surface area contributed by atoms with Gasteiger partial charge in [-0.3, -0.25) is 4.90 Å². The largest absolute Gasteiger partial charge is 0.381 e. The molecule has 0 amide bonds. The normalized spacial score (nSPS) is 24.8. The molecule has 2 saturated heterocycles. The summed E-state index contributed by atoms with van der Waals surface area (Å²) in [4.78, 5) is 2.70. The zero-order valence-electron chi connectivity index (χ0n) is 13.1. The molecule has 0 aromatic carbocycles. The number of rotatable bonds is 6. The molecule has 0 aliphatic carbocycles. The topological polar surface area (TPSA) is 24.5 Å². The van der Waals surface area contributed by atoms with E-state index in [-0.39, 0.29) is 5.54 Å². The highest BCUT2D eigenvalue weighted by molar-refractivity contribution is 4.99. The van der Waals surface area contributed by atoms with Crippen molar-refractivity contribution in [2.75, 3.05) is 32.8 Å². The third-order valence-electron chi connectivity index (χ3n) is 5.03. The molecule has 1 unspecified atom stereocenters. The number of ether oxygens (including phenoxy) is 1. The minimum absolute atomic E-state index is 0.272. The van der Waals surface area contributed by atoms with Gasteiger partial charge in [0.15, 0.2) is 0 Å². The maximum absolute atomic E-state index is 5.55. The Morgan fingerprint density at radius 1 is 1.21 bits per heavy atom. The minimum atomic E-state index is 0.272. The Morgan fingerprint density at radius 2 is 1.84 bits per heavy atom. The van der Waals surface area contributed by atoms with E-state index < -0.39 is 0 Å². The molecule has 2 heterocycles. The summed E-state index contributed by atoms with van der Waals surface area (Å²) in [6.07, 6.45) is 6.41. The first kappa shape index (κ1) is 15.3. The van der Waals surface area contributed by atoms with Gasteiger partial charge in [-0.15, -0.1) is 0 Å². The Labute approximate surface area is 119 Å². The van der Waals surface area contributed by atoms with E-state index in [1.807, 2.05) is 0 Å². The van der Waals surface area contributed by atoms with Crippen LogP contribution >= 0.6 is 0 Å². The Balaban J connectivity index is 2.05. The van der Waals surface area contributed by atoms with Gasteiger partial charge in [0.2, 0.25) is 0 Å². The maximum atomic E-state index is 5.55. The van der Waals surface area contributed by atoms with E-state index >= 15 is 0 Å². The summed E-state index contributed by atoms with van der Waals surface area (Å²) in [6.45, 7) is 12.7. The van der Waals surface area contributed by atoms with Gasteiger partial charge in [-0.05, 0) is 71.5 Å². The highest BCUT2D eigenvalue weighted by atomic mass is 16.5. The standard InChI is InChI=1S/C16H32N2O/c1-4-9-17-15(14-7-12-19-13-8-14)16(2,3)18-10-5-6-11-18/h14-15,17H,4-13H2,1-3H3. The lowest BCUT2D eigenvalue weighted by Crippen LogP contribution is -2.60. The number of hydrogen-bond donors (Lipinski definition) is 1. The van der Waals surface area contributed by atoms with Crippen molar-refractivity contribution in [3.05, 3.63) is 0 Å². The second kappa shape index (κ2) is 7.05. The van der Waals surface area contributed by atoms with Crippen molar-refractivity contribution in [1.82, 2.24) is 10.2 Å². The molecule has 0 spiro atoms. The fourth-order valence-corrected chi connectivity index (χ4v) is 3.83. The van der Waals surface area contributed by atoms with Crippen molar-refractivity contribution in [1.29, 1.82) is 0 Å². The number of nitrogens with zero attached hydrogens (tertiary/aromatic N) is 1. The molecule has 1 N–H and O–H groups in total. The molecule has 0 aromatic heterocycles. The van der Waals surface area contributed by atoms with Gasteiger partial charge >= 0.3 is 0 Å². The highest BCUT2D eigenvalue weighted by Crippen LogP contribution is 2.32. The van der Waals surface area contributed by atoms with E-state index in [0.717, 1.165) is 25.7 Å². The molecular weight excluding hydrogens is 236 g/mol. The zero-order chi connectivity index (χ0) is 13.7. The van der Waals surface area contributed by atoms with Crippen molar-refractivity contribution in [2.24, 2.45) is 5.92 Å². The lowest BCUT2D eigenvalue weighted by molar-refractivity contribution is 0.0130. The van der Waals surface area contributed by atoms with Crippen molar-refractivity contribution < 1.29 is 4.74 Å². The Bertz CT molecular complexity index is 255. The van der Waals surface area contributed by atoms with Crippen LogP contribution in [-0.4, -0.2) is 49.3 Å². The van der Waals surface area contributed by atoms with E-state index in [2.05, 4.69) is 31.0 Å². The molecule has 2 rings (SSSR count). The molecule has 1 atom stereocenters. The third kappa shape index (κ3) is 3.71. The Hall–Kier alpha value is -0.120. The van der Waals surface area contributed by atoms with E-state index in [9.17, 15) is 0 Å². The molecule has 2 aliphatic heterocycles. The van der Waals surface area contributed by atoms with Crippen LogP contribution in [-0.2, 0) is 4.74 Å². The average molecular weight is 268 g/mol. The highest BCUT2D eigenvalue weighted by Gasteiger charge is 2.40. The monoisotopic (exact) mass is 268 g/mol. The van der Waals surface area contributed by atoms with E-state index in [4.69, 9.17) is 4.74 Å². The summed E-state index contributed by atoms with van der Waals surface area (Å²) >= 11 is 0. The summed E-state index contributed by atoms with van der Waals surface area (Å²) in [6, 6.07) is 0.606. The van der Waals surface area contributed by atoms with Crippen LogP contribution in [0.4, 0.5) is 0 Å². The van der Waals surface area contributed by atoms with Crippen molar-refractivity contribution in [2.45, 2.75) is 64.5 Å². The van der Waals surface area contributed by atoms with Crippen LogP contribution in [0.3, 0.4) is 0 Å². The lowest BCUT2D eigenvalue weighted by atomic mass is 9.79. The smallest absolute Gasteiger partial charge is 0.0469 e. The first-order valence-electron chi connectivity index (χ1n) is 8.22.